The third-order valence-electron chi connectivity index (χ3n) is 8.54. The van der Waals surface area contributed by atoms with Crippen molar-refractivity contribution >= 4 is 54.3 Å². The first-order valence-electron chi connectivity index (χ1n) is 18.2. The number of nitrogens with zero attached hydrogens (tertiary/aromatic N) is 2. The predicted octanol–water partition coefficient (Wildman–Crippen LogP) is 12.9. The monoisotopic (exact) mass is 639 g/mol. The Bertz CT molecular complexity index is 2770. The molecule has 0 aliphatic carbocycles. The number of benzene rings is 7. The molecule has 228 valence electrons. The van der Waals surface area contributed by atoms with Gasteiger partial charge in [-0.05, 0) is 95.5 Å². The van der Waals surface area contributed by atoms with E-state index in [9.17, 15) is 0 Å². The molecule has 0 unspecified atom stereocenters. The maximum atomic E-state index is 8.82. The molecule has 0 atom stereocenters. The lowest BCUT2D eigenvalue weighted by atomic mass is 10.0. The second kappa shape index (κ2) is 11.9. The van der Waals surface area contributed by atoms with E-state index in [-0.39, 0.29) is 17.8 Å². The van der Waals surface area contributed by atoms with Crippen LogP contribution in [0, 0.1) is 0 Å². The number of thiazole rings is 1. The van der Waals surface area contributed by atoms with Crippen LogP contribution in [-0.2, 0) is 0 Å². The second-order valence-electron chi connectivity index (χ2n) is 11.4. The zero-order chi connectivity index (χ0) is 36.2. The van der Waals surface area contributed by atoms with Gasteiger partial charge in [-0.15, -0.1) is 11.3 Å². The van der Waals surface area contributed by atoms with Crippen LogP contribution >= 0.6 is 11.3 Å². The Morgan fingerprint density at radius 2 is 1.15 bits per heavy atom. The summed E-state index contributed by atoms with van der Waals surface area (Å²) in [6.07, 6.45) is 0. The van der Waals surface area contributed by atoms with Crippen molar-refractivity contribution < 1.29 is 11.6 Å². The molecule has 9 aromatic rings. The van der Waals surface area contributed by atoms with Gasteiger partial charge in [0.15, 0.2) is 0 Å². The molecule has 2 heterocycles. The fourth-order valence-corrected chi connectivity index (χ4v) is 7.63. The molecule has 0 radical (unpaired) electrons. The zero-order valence-corrected chi connectivity index (χ0v) is 26.5. The molecule has 0 aliphatic heterocycles. The number of fused-ring (bicyclic) bond motifs is 5. The van der Waals surface area contributed by atoms with Crippen molar-refractivity contribution in [3.05, 3.63) is 182 Å². The number of para-hydroxylation sites is 3. The van der Waals surface area contributed by atoms with E-state index in [0.29, 0.717) is 22.9 Å². The molecular weight excluding hydrogens is 605 g/mol. The molecule has 0 amide bonds. The highest BCUT2D eigenvalue weighted by Crippen LogP contribution is 2.43. The molecule has 0 saturated heterocycles. The Morgan fingerprint density at radius 3 is 1.90 bits per heavy atom. The van der Waals surface area contributed by atoms with Gasteiger partial charge in [0.1, 0.15) is 16.3 Å². The van der Waals surface area contributed by atoms with Crippen molar-refractivity contribution in [2.45, 2.75) is 0 Å². The largest absolute Gasteiger partial charge is 0.457 e. The van der Waals surface area contributed by atoms with Gasteiger partial charge in [0.25, 0.3) is 0 Å². The van der Waals surface area contributed by atoms with Crippen LogP contribution in [0.1, 0.15) is 6.85 Å². The average molecular weight is 640 g/mol. The van der Waals surface area contributed by atoms with Crippen LogP contribution in [0.5, 0.6) is 11.5 Å². The van der Waals surface area contributed by atoms with Crippen LogP contribution in [0.25, 0.3) is 48.2 Å². The Labute approximate surface area is 290 Å². The van der Waals surface area contributed by atoms with Crippen LogP contribution in [0.15, 0.2) is 182 Å². The number of hydrogen-bond donors (Lipinski definition) is 0. The Hall–Kier alpha value is -6.10. The maximum Gasteiger partial charge on any atom is 0.127 e. The van der Waals surface area contributed by atoms with Gasteiger partial charge >= 0.3 is 0 Å². The van der Waals surface area contributed by atoms with Crippen LogP contribution in [0.2, 0.25) is 0 Å². The molecule has 2 aromatic heterocycles. The zero-order valence-electron chi connectivity index (χ0n) is 30.6. The lowest BCUT2D eigenvalue weighted by Gasteiger charge is -2.25. The number of ether oxygens (including phenoxy) is 1. The standard InChI is InChI=1S/C44H30N2OS/c1-4-12-32(13-5-1)43-39-18-10-11-19-40(39)46-41-29-22-33(30-42(41)48-44(43)46)31-20-23-35(24-21-31)45(34-14-6-2-7-15-34)36-25-27-38(28-26-36)47-37-16-8-3-9-17-37/h1-30H/i2D,6D,7D,14D,15D. The van der Waals surface area contributed by atoms with Crippen molar-refractivity contribution in [2.24, 2.45) is 0 Å². The van der Waals surface area contributed by atoms with Gasteiger partial charge in [-0.3, -0.25) is 4.40 Å². The molecule has 4 heteroatoms. The van der Waals surface area contributed by atoms with E-state index in [1.165, 1.54) is 31.6 Å². The molecule has 3 nitrogen and oxygen atoms in total. The van der Waals surface area contributed by atoms with Crippen molar-refractivity contribution in [1.29, 1.82) is 0 Å². The van der Waals surface area contributed by atoms with Crippen LogP contribution in [0.3, 0.4) is 0 Å². The Balaban J connectivity index is 1.12. The molecule has 0 N–H and O–H groups in total. The number of rotatable bonds is 7. The van der Waals surface area contributed by atoms with Crippen molar-refractivity contribution in [3.8, 4) is 33.8 Å². The summed E-state index contributed by atoms with van der Waals surface area (Å²) >= 11 is 1.78. The normalized spacial score (nSPS) is 12.8. The van der Waals surface area contributed by atoms with Gasteiger partial charge in [0.05, 0.1) is 22.6 Å². The Morgan fingerprint density at radius 1 is 0.521 bits per heavy atom. The van der Waals surface area contributed by atoms with Gasteiger partial charge in [-0.1, -0.05) is 103 Å². The highest BCUT2D eigenvalue weighted by Gasteiger charge is 2.18. The van der Waals surface area contributed by atoms with Crippen LogP contribution in [-0.4, -0.2) is 4.40 Å². The molecule has 0 fully saturated rings. The summed E-state index contributed by atoms with van der Waals surface area (Å²) in [5.74, 6) is 1.31. The summed E-state index contributed by atoms with van der Waals surface area (Å²) in [5.41, 5.74) is 8.14. The summed E-state index contributed by atoms with van der Waals surface area (Å²) < 4.78 is 52.2. The molecule has 48 heavy (non-hydrogen) atoms. The first-order chi connectivity index (χ1) is 25.9. The summed E-state index contributed by atoms with van der Waals surface area (Å²) in [6, 6.07) is 48.5. The molecule has 0 saturated carbocycles. The smallest absolute Gasteiger partial charge is 0.127 e. The third-order valence-corrected chi connectivity index (χ3v) is 9.67. The fourth-order valence-electron chi connectivity index (χ4n) is 6.35. The first kappa shape index (κ1) is 23.3. The maximum absolute atomic E-state index is 8.82. The van der Waals surface area contributed by atoms with Gasteiger partial charge in [-0.25, -0.2) is 0 Å². The minimum absolute atomic E-state index is 0.0674. The minimum Gasteiger partial charge on any atom is -0.457 e. The van der Waals surface area contributed by atoms with Gasteiger partial charge in [0.2, 0.25) is 0 Å². The molecular formula is C44H30N2OS. The van der Waals surface area contributed by atoms with Gasteiger partial charge in [-0.2, -0.15) is 0 Å². The quantitative estimate of drug-likeness (QED) is 0.173. The predicted molar refractivity (Wildman–Crippen MR) is 202 cm³/mol. The van der Waals surface area contributed by atoms with Crippen molar-refractivity contribution in [3.63, 3.8) is 0 Å². The molecule has 7 aromatic carbocycles. The van der Waals surface area contributed by atoms with Gasteiger partial charge in [0, 0.05) is 28.0 Å². The highest BCUT2D eigenvalue weighted by molar-refractivity contribution is 7.24. The van der Waals surface area contributed by atoms with E-state index in [1.54, 1.807) is 16.2 Å². The molecule has 0 bridgehead atoms. The topological polar surface area (TPSA) is 16.9 Å². The summed E-state index contributed by atoms with van der Waals surface area (Å²) in [7, 11) is 0. The van der Waals surface area contributed by atoms with Crippen LogP contribution in [0.4, 0.5) is 17.1 Å². The minimum atomic E-state index is -0.434. The van der Waals surface area contributed by atoms with E-state index in [2.05, 4.69) is 71.1 Å². The van der Waals surface area contributed by atoms with E-state index < -0.39 is 18.1 Å². The number of aromatic nitrogens is 1. The first-order valence-corrected chi connectivity index (χ1v) is 16.5. The summed E-state index contributed by atoms with van der Waals surface area (Å²) in [4.78, 5) is 2.91. The molecule has 0 spiro atoms. The lowest BCUT2D eigenvalue weighted by molar-refractivity contribution is 0.483. The van der Waals surface area contributed by atoms with E-state index in [4.69, 9.17) is 11.6 Å². The average Bonchev–Trinajstić information content (AvgIpc) is 3.73. The highest BCUT2D eigenvalue weighted by atomic mass is 32.1. The van der Waals surface area contributed by atoms with Crippen LogP contribution < -0.4 is 9.64 Å². The SMILES string of the molecule is [2H]c1c([2H])c([2H])c(N(c2ccc(Oc3ccccc3)cc2)c2ccc(-c3ccc4c(c3)sc3c(-c5ccccc5)c5ccccc5n34)cc2)c([2H])c1[2H]. The number of hydrogen-bond acceptors (Lipinski definition) is 3. The summed E-state index contributed by atoms with van der Waals surface area (Å²) in [6.45, 7) is 0. The summed E-state index contributed by atoms with van der Waals surface area (Å²) in [5, 5.41) is 1.23. The van der Waals surface area contributed by atoms with E-state index >= 15 is 0 Å². The molecule has 0 aliphatic rings. The fraction of sp³-hybridized carbons (Fsp3) is 0. The lowest BCUT2D eigenvalue weighted by Crippen LogP contribution is -2.09. The third kappa shape index (κ3) is 5.00. The number of anilines is 3. The molecule has 9 rings (SSSR count). The Kier molecular flexibility index (Phi) is 5.78. The second-order valence-corrected chi connectivity index (χ2v) is 12.5. The van der Waals surface area contributed by atoms with Crippen molar-refractivity contribution in [1.82, 2.24) is 4.40 Å². The van der Waals surface area contributed by atoms with Gasteiger partial charge < -0.3 is 9.64 Å². The van der Waals surface area contributed by atoms with Crippen molar-refractivity contribution in [2.75, 3.05) is 4.90 Å². The van der Waals surface area contributed by atoms with E-state index in [0.717, 1.165) is 16.6 Å². The van der Waals surface area contributed by atoms with E-state index in [1.807, 2.05) is 84.9 Å².